The summed E-state index contributed by atoms with van der Waals surface area (Å²) in [5, 5.41) is 33.5. The summed E-state index contributed by atoms with van der Waals surface area (Å²) >= 11 is 0. The Labute approximate surface area is 202 Å². The largest absolute Gasteiger partial charge is 0.545 e. The maximum atomic E-state index is 13.8. The van der Waals surface area contributed by atoms with E-state index < -0.39 is 22.8 Å². The van der Waals surface area contributed by atoms with Gasteiger partial charge in [0.25, 0.3) is 5.69 Å². The van der Waals surface area contributed by atoms with Crippen LogP contribution in [0.5, 0.6) is 0 Å². The van der Waals surface area contributed by atoms with Gasteiger partial charge in [-0.05, 0) is 35.6 Å². The molecule has 0 radical (unpaired) electrons. The summed E-state index contributed by atoms with van der Waals surface area (Å²) in [5.74, 6) is -3.71. The lowest BCUT2D eigenvalue weighted by atomic mass is 9.87. The molecule has 3 rings (SSSR count). The van der Waals surface area contributed by atoms with E-state index in [-0.39, 0.29) is 47.7 Å². The molecule has 10 heteroatoms. The maximum absolute atomic E-state index is 13.8. The molecule has 0 saturated carbocycles. The highest BCUT2D eigenvalue weighted by molar-refractivity contribution is 5.94. The van der Waals surface area contributed by atoms with Crippen molar-refractivity contribution in [3.63, 3.8) is 0 Å². The van der Waals surface area contributed by atoms with Gasteiger partial charge in [0.1, 0.15) is 13.1 Å². The lowest BCUT2D eigenvalue weighted by molar-refractivity contribution is -0.966. The van der Waals surface area contributed by atoms with E-state index in [2.05, 4.69) is 0 Å². The molecule has 0 bridgehead atoms. The number of carboxylic acid groups (broad SMARTS) is 2. The first-order chi connectivity index (χ1) is 16.6. The number of rotatable bonds is 9. The SMILES string of the molecule is CN(CCc1ccccc1)[N+]1(C(=O)c2ccc([N+](=O)[O-])cc2)CCC(/C(=C/C(=O)O)C(=O)[O-])CC1. The molecule has 1 fully saturated rings. The van der Waals surface area contributed by atoms with Crippen LogP contribution >= 0.6 is 0 Å². The van der Waals surface area contributed by atoms with Crippen molar-refractivity contribution in [3.05, 3.63) is 87.5 Å². The van der Waals surface area contributed by atoms with Crippen LogP contribution in [0.1, 0.15) is 28.8 Å². The molecule has 35 heavy (non-hydrogen) atoms. The van der Waals surface area contributed by atoms with Crippen molar-refractivity contribution in [1.82, 2.24) is 5.01 Å². The molecule has 1 aliphatic heterocycles. The number of aliphatic carboxylic acids is 2. The van der Waals surface area contributed by atoms with Crippen molar-refractivity contribution in [2.24, 2.45) is 5.92 Å². The lowest BCUT2D eigenvalue weighted by Crippen LogP contribution is -2.65. The first-order valence-corrected chi connectivity index (χ1v) is 11.2. The zero-order chi connectivity index (χ0) is 25.6. The van der Waals surface area contributed by atoms with Gasteiger partial charge in [-0.2, -0.15) is 9.60 Å². The molecule has 0 aromatic heterocycles. The molecule has 2 aromatic carbocycles. The highest BCUT2D eigenvalue weighted by atomic mass is 16.6. The lowest BCUT2D eigenvalue weighted by Gasteiger charge is -2.46. The number of nitro groups is 1. The number of likely N-dealkylation sites (N-methyl/N-ethyl adjacent to an activating group) is 1. The van der Waals surface area contributed by atoms with Gasteiger partial charge in [-0.15, -0.1) is 0 Å². The summed E-state index contributed by atoms with van der Waals surface area (Å²) in [6.07, 6.45) is 1.87. The topological polar surface area (TPSA) is 141 Å². The fourth-order valence-electron chi connectivity index (χ4n) is 4.58. The first-order valence-electron chi connectivity index (χ1n) is 11.2. The van der Waals surface area contributed by atoms with Crippen molar-refractivity contribution >= 4 is 23.5 Å². The minimum absolute atomic E-state index is 0.103. The Morgan fingerprint density at radius 1 is 1.09 bits per heavy atom. The van der Waals surface area contributed by atoms with Crippen molar-refractivity contribution < 1.29 is 34.1 Å². The zero-order valence-corrected chi connectivity index (χ0v) is 19.3. The Bertz CT molecular complexity index is 1120. The molecule has 184 valence electrons. The molecule has 1 aliphatic rings. The van der Waals surface area contributed by atoms with Crippen LogP contribution in [0.3, 0.4) is 0 Å². The average Bonchev–Trinajstić information content (AvgIpc) is 2.86. The van der Waals surface area contributed by atoms with Gasteiger partial charge in [-0.3, -0.25) is 10.1 Å². The molecule has 1 N–H and O–H groups in total. The summed E-state index contributed by atoms with van der Waals surface area (Å²) in [7, 11) is 1.82. The number of carbonyl (C=O) groups excluding carboxylic acids is 2. The Balaban J connectivity index is 1.88. The van der Waals surface area contributed by atoms with E-state index in [9.17, 15) is 29.6 Å². The van der Waals surface area contributed by atoms with Gasteiger partial charge in [0.2, 0.25) is 0 Å². The maximum Gasteiger partial charge on any atom is 0.365 e. The monoisotopic (exact) mass is 481 g/mol. The zero-order valence-electron chi connectivity index (χ0n) is 19.3. The van der Waals surface area contributed by atoms with Gasteiger partial charge in [0.15, 0.2) is 0 Å². The summed E-state index contributed by atoms with van der Waals surface area (Å²) < 4.78 is -0.103. The van der Waals surface area contributed by atoms with E-state index in [0.717, 1.165) is 5.56 Å². The van der Waals surface area contributed by atoms with Gasteiger partial charge in [-0.1, -0.05) is 30.3 Å². The second kappa shape index (κ2) is 11.0. The summed E-state index contributed by atoms with van der Waals surface area (Å²) in [5.41, 5.74) is 0.993. The van der Waals surface area contributed by atoms with Crippen LogP contribution in [-0.2, 0) is 16.0 Å². The Hall–Kier alpha value is -3.89. The number of hydrogen-bond acceptors (Lipinski definition) is 7. The van der Waals surface area contributed by atoms with Gasteiger partial charge < -0.3 is 15.0 Å². The predicted octanol–water partition coefficient (Wildman–Crippen LogP) is 1.81. The number of benzene rings is 2. The third kappa shape index (κ3) is 5.97. The normalized spacial score (nSPS) is 20.4. The van der Waals surface area contributed by atoms with Crippen molar-refractivity contribution in [1.29, 1.82) is 0 Å². The van der Waals surface area contributed by atoms with Gasteiger partial charge in [0, 0.05) is 38.1 Å². The van der Waals surface area contributed by atoms with E-state index in [1.807, 2.05) is 42.4 Å². The predicted molar refractivity (Wildman–Crippen MR) is 124 cm³/mol. The highest BCUT2D eigenvalue weighted by Crippen LogP contribution is 2.32. The van der Waals surface area contributed by atoms with Crippen LogP contribution in [0, 0.1) is 16.0 Å². The fraction of sp³-hybridized carbons (Fsp3) is 0.320. The Kier molecular flexibility index (Phi) is 8.10. The van der Waals surface area contributed by atoms with Crippen molar-refractivity contribution in [3.8, 4) is 0 Å². The number of likely N-dealkylation sites (tertiary alicyclic amines) is 1. The molecule has 10 nitrogen and oxygen atoms in total. The number of nitrogens with zero attached hydrogens (tertiary/aromatic N) is 3. The summed E-state index contributed by atoms with van der Waals surface area (Å²) in [6.45, 7) is 1.03. The van der Waals surface area contributed by atoms with Crippen molar-refractivity contribution in [2.45, 2.75) is 19.3 Å². The molecule has 1 saturated heterocycles. The van der Waals surface area contributed by atoms with E-state index >= 15 is 0 Å². The minimum atomic E-state index is -1.53. The van der Waals surface area contributed by atoms with E-state index in [1.165, 1.54) is 24.3 Å². The highest BCUT2D eigenvalue weighted by Gasteiger charge is 2.46. The van der Waals surface area contributed by atoms with Crippen LogP contribution in [0.25, 0.3) is 0 Å². The van der Waals surface area contributed by atoms with Crippen molar-refractivity contribution in [2.75, 3.05) is 26.7 Å². The van der Waals surface area contributed by atoms with E-state index in [4.69, 9.17) is 5.11 Å². The van der Waals surface area contributed by atoms with Crippen LogP contribution in [0.15, 0.2) is 66.2 Å². The number of quaternary nitrogens is 1. The smallest absolute Gasteiger partial charge is 0.365 e. The number of amides is 1. The number of carbonyl (C=O) groups is 3. The summed E-state index contributed by atoms with van der Waals surface area (Å²) in [6, 6.07) is 15.2. The second-order valence-electron chi connectivity index (χ2n) is 8.60. The fourth-order valence-corrected chi connectivity index (χ4v) is 4.58. The number of hydrogen-bond donors (Lipinski definition) is 1. The number of non-ortho nitro benzene ring substituents is 1. The van der Waals surface area contributed by atoms with Gasteiger partial charge in [0.05, 0.1) is 23.0 Å². The number of carboxylic acids is 2. The molecule has 0 aliphatic carbocycles. The average molecular weight is 482 g/mol. The van der Waals surface area contributed by atoms with E-state index in [1.54, 1.807) is 0 Å². The number of nitro benzene ring substituents is 1. The standard InChI is InChI=1S/C25H27N3O7/c1-26(14-11-18-5-3-2-4-6-18)28(24(31)20-7-9-21(10-8-20)27(34)35)15-12-19(13-16-28)22(25(32)33)17-23(29)30/h2-10,17,19H,11-16H2,1H3,(H-,29,30,32,33)/b22-17-. The Morgan fingerprint density at radius 2 is 1.69 bits per heavy atom. The third-order valence-electron chi connectivity index (χ3n) is 6.57. The first kappa shape index (κ1) is 25.7. The van der Waals surface area contributed by atoms with Crippen LogP contribution < -0.4 is 5.11 Å². The number of piperidine rings is 1. The third-order valence-corrected chi connectivity index (χ3v) is 6.57. The summed E-state index contributed by atoms with van der Waals surface area (Å²) in [4.78, 5) is 46.9. The molecule has 2 aromatic rings. The van der Waals surface area contributed by atoms with Crippen LogP contribution in [-0.4, -0.2) is 64.2 Å². The molecular weight excluding hydrogens is 454 g/mol. The van der Waals surface area contributed by atoms with Crippen LogP contribution in [0.4, 0.5) is 5.69 Å². The Morgan fingerprint density at radius 3 is 2.20 bits per heavy atom. The van der Waals surface area contributed by atoms with Gasteiger partial charge in [-0.25, -0.2) is 9.59 Å². The van der Waals surface area contributed by atoms with E-state index in [0.29, 0.717) is 24.6 Å². The molecule has 0 spiro atoms. The second-order valence-corrected chi connectivity index (χ2v) is 8.60. The quantitative estimate of drug-likeness (QED) is 0.247. The molecule has 0 unspecified atom stereocenters. The molecular formula is C25H27N3O7. The molecule has 1 heterocycles. The van der Waals surface area contributed by atoms with Crippen LogP contribution in [0.2, 0.25) is 0 Å². The molecule has 1 amide bonds. The van der Waals surface area contributed by atoms with Gasteiger partial charge >= 0.3 is 11.9 Å². The molecule has 0 atom stereocenters. The minimum Gasteiger partial charge on any atom is -0.545 e.